The Morgan fingerprint density at radius 2 is 0.890 bits per heavy atom. The van der Waals surface area contributed by atoms with Crippen LogP contribution in [0.4, 0.5) is 0 Å². The number of halogens is 1. The van der Waals surface area contributed by atoms with Gasteiger partial charge in [0.05, 0.1) is 33.3 Å². The van der Waals surface area contributed by atoms with Gasteiger partial charge >= 0.3 is 7.12 Å². The molecule has 15 aromatic rings. The van der Waals surface area contributed by atoms with E-state index < -0.39 is 0 Å². The lowest BCUT2D eigenvalue weighted by molar-refractivity contribution is 0.00578. The molecule has 0 radical (unpaired) electrons. The van der Waals surface area contributed by atoms with Crippen LogP contribution in [-0.2, 0) is 15.7 Å². The highest BCUT2D eigenvalue weighted by Gasteiger charge is 2.51. The number of rotatable bonds is 4. The fourth-order valence-corrected chi connectivity index (χ4v) is 13.1. The fraction of sp³-hybridized carbons (Fsp3) is 0.0933. The van der Waals surface area contributed by atoms with Crippen LogP contribution >= 0.6 is 15.9 Å². The first-order chi connectivity index (χ1) is 40.0. The summed E-state index contributed by atoms with van der Waals surface area (Å²) in [5.74, 6) is 0. The Morgan fingerprint density at radius 3 is 1.55 bits per heavy atom. The van der Waals surface area contributed by atoms with E-state index in [-0.39, 0.29) is 18.3 Å². The lowest BCUT2D eigenvalue weighted by atomic mass is 9.78. The zero-order valence-corrected chi connectivity index (χ0v) is 47.7. The molecular weight excluding hydrogens is 1070 g/mol. The van der Waals surface area contributed by atoms with Crippen molar-refractivity contribution in [1.82, 2.24) is 14.1 Å². The summed E-state index contributed by atoms with van der Waals surface area (Å²) in [6.45, 7) is 8.37. The number of para-hydroxylation sites is 3. The Labute approximate surface area is 485 Å². The molecule has 1 N–H and O–H groups in total. The monoisotopic (exact) mass is 1120 g/mol. The quantitative estimate of drug-likeness (QED) is 0.179. The third-order valence-electron chi connectivity index (χ3n) is 17.5. The Morgan fingerprint density at radius 1 is 0.390 bits per heavy atom. The maximum Gasteiger partial charge on any atom is 0.494 e. The molecule has 5 nitrogen and oxygen atoms in total. The first-order valence-corrected chi connectivity index (χ1v) is 29.1. The summed E-state index contributed by atoms with van der Waals surface area (Å²) in [6, 6.07) is 91.5. The maximum absolute atomic E-state index is 6.16. The molecule has 7 heteroatoms. The third kappa shape index (κ3) is 8.37. The van der Waals surface area contributed by atoms with Crippen LogP contribution in [0.1, 0.15) is 38.8 Å². The molecule has 2 aliphatic rings. The molecule has 0 saturated carbocycles. The average molecular weight is 1120 g/mol. The second-order valence-electron chi connectivity index (χ2n) is 22.9. The summed E-state index contributed by atoms with van der Waals surface area (Å²) >= 11 is 3.62. The van der Waals surface area contributed by atoms with Crippen LogP contribution < -0.4 is 5.46 Å². The van der Waals surface area contributed by atoms with E-state index >= 15 is 0 Å². The van der Waals surface area contributed by atoms with E-state index in [1.54, 1.807) is 0 Å². The zero-order chi connectivity index (χ0) is 55.3. The van der Waals surface area contributed by atoms with Crippen molar-refractivity contribution in [3.8, 4) is 33.6 Å². The topological polar surface area (TPSA) is 44.1 Å². The second kappa shape index (κ2) is 19.6. The van der Waals surface area contributed by atoms with Gasteiger partial charge in [0.1, 0.15) is 0 Å². The number of hydrogen-bond donors (Lipinski definition) is 1. The molecule has 0 spiro atoms. The average Bonchev–Trinajstić information content (AvgIpc) is 3.20. The summed E-state index contributed by atoms with van der Waals surface area (Å²) < 4.78 is 18.2. The maximum atomic E-state index is 6.16. The lowest BCUT2D eigenvalue weighted by Crippen LogP contribution is -2.41. The normalized spacial score (nSPS) is 14.2. The van der Waals surface area contributed by atoms with Gasteiger partial charge in [-0.2, -0.15) is 0 Å². The van der Waals surface area contributed by atoms with Crippen molar-refractivity contribution in [3.63, 3.8) is 0 Å². The molecule has 0 bridgehead atoms. The van der Waals surface area contributed by atoms with Gasteiger partial charge in [0.15, 0.2) is 0 Å². The molecule has 1 saturated heterocycles. The molecule has 4 heterocycles. The summed E-state index contributed by atoms with van der Waals surface area (Å²) in [7, 11) is -0.279. The van der Waals surface area contributed by atoms with Crippen LogP contribution in [0.3, 0.4) is 0 Å². The van der Waals surface area contributed by atoms with Crippen molar-refractivity contribution in [2.75, 3.05) is 0 Å². The molecule has 0 unspecified atom stereocenters. The van der Waals surface area contributed by atoms with E-state index in [2.05, 4.69) is 313 Å². The smallest absolute Gasteiger partial charge is 0.399 e. The number of hydrogen-bond acceptors (Lipinski definition) is 2. The van der Waals surface area contributed by atoms with Gasteiger partial charge in [0, 0.05) is 70.0 Å². The van der Waals surface area contributed by atoms with E-state index in [9.17, 15) is 0 Å². The Bertz CT molecular complexity index is 4980. The highest BCUT2D eigenvalue weighted by molar-refractivity contribution is 9.10. The first kappa shape index (κ1) is 50.0. The number of benzene rings is 12. The lowest BCUT2D eigenvalue weighted by Gasteiger charge is -2.32. The summed E-state index contributed by atoms with van der Waals surface area (Å²) in [4.78, 5) is 3.60. The van der Waals surface area contributed by atoms with Crippen molar-refractivity contribution in [2.24, 2.45) is 0 Å². The van der Waals surface area contributed by atoms with Crippen LogP contribution in [-0.4, -0.2) is 32.4 Å². The standard InChI is InChI=1S/C34H22N2.C22H14BrN.C19H21BO2/c1-2-9-25(10-3-1)36-33-19-16-23(20-30(33)29-18-14-22-8-4-5-11-26(22)34(29)36)24-15-17-28-27-12-6-7-13-31(27)35-32(28)21-24;23-16-11-13-21-20(14-16)19-12-10-15-6-4-5-9-18(15)22(19)24(21)17-7-2-1-3-8-17;1-18(2)19(3,4)22-20(21-18)15-9-10-17-14(12-15)11-13-7-5-6-8-16(13)17/h1-21,35H;1-14H;5-10,12H,11H2,1-4H3. The molecular formula is C75H57BBrN3O2. The van der Waals surface area contributed by atoms with Gasteiger partial charge in [-0.05, 0) is 150 Å². The summed E-state index contributed by atoms with van der Waals surface area (Å²) in [6.07, 6.45) is 0.999. The van der Waals surface area contributed by atoms with Crippen LogP contribution in [0.25, 0.3) is 121 Å². The van der Waals surface area contributed by atoms with E-state index in [0.29, 0.717) is 0 Å². The Hall–Kier alpha value is -8.98. The van der Waals surface area contributed by atoms with Crippen LogP contribution in [0, 0.1) is 0 Å². The van der Waals surface area contributed by atoms with Gasteiger partial charge in [0.2, 0.25) is 0 Å². The van der Waals surface area contributed by atoms with Crippen molar-refractivity contribution in [3.05, 3.63) is 270 Å². The van der Waals surface area contributed by atoms with Gasteiger partial charge < -0.3 is 23.4 Å². The number of nitrogens with one attached hydrogen (secondary N) is 1. The second-order valence-corrected chi connectivity index (χ2v) is 23.8. The molecule has 1 aliphatic carbocycles. The SMILES string of the molecule is Brc1ccc2c(c1)c1ccc3ccccc3c1n2-c1ccccc1.CC1(C)OB(c2ccc3c(c2)Cc2ccccc2-3)OC1(C)C.c1ccc(-n2c3ccc(-c4ccc5c(c4)[nH]c4ccccc45)cc3c3ccc4ccccc4c32)cc1. The molecule has 82 heavy (non-hydrogen) atoms. The number of aromatic nitrogens is 3. The predicted octanol–water partition coefficient (Wildman–Crippen LogP) is 19.5. The van der Waals surface area contributed by atoms with Gasteiger partial charge in [-0.15, -0.1) is 0 Å². The van der Waals surface area contributed by atoms with Crippen molar-refractivity contribution in [1.29, 1.82) is 0 Å². The Kier molecular flexibility index (Phi) is 12.0. The fourth-order valence-electron chi connectivity index (χ4n) is 12.7. The first-order valence-electron chi connectivity index (χ1n) is 28.3. The minimum Gasteiger partial charge on any atom is -0.399 e. The molecule has 394 valence electrons. The van der Waals surface area contributed by atoms with E-state index in [4.69, 9.17) is 9.31 Å². The van der Waals surface area contributed by atoms with Crippen LogP contribution in [0.5, 0.6) is 0 Å². The van der Waals surface area contributed by atoms with Crippen LogP contribution in [0.2, 0.25) is 0 Å². The minimum atomic E-state index is -0.292. The molecule has 3 aromatic heterocycles. The number of fused-ring (bicyclic) bond motifs is 16. The summed E-state index contributed by atoms with van der Waals surface area (Å²) in [5.41, 5.74) is 18.2. The summed E-state index contributed by atoms with van der Waals surface area (Å²) in [5, 5.41) is 12.7. The number of aromatic amines is 1. The van der Waals surface area contributed by atoms with Gasteiger partial charge in [-0.1, -0.05) is 204 Å². The number of H-pyrrole nitrogens is 1. The molecule has 1 fully saturated rings. The van der Waals surface area contributed by atoms with Crippen molar-refractivity contribution >= 4 is 115 Å². The largest absolute Gasteiger partial charge is 0.494 e. The van der Waals surface area contributed by atoms with E-state index in [0.717, 1.165) is 16.4 Å². The molecule has 0 amide bonds. The highest BCUT2D eigenvalue weighted by atomic mass is 79.9. The highest BCUT2D eigenvalue weighted by Crippen LogP contribution is 2.42. The molecule has 17 rings (SSSR count). The van der Waals surface area contributed by atoms with E-state index in [1.807, 2.05) is 0 Å². The van der Waals surface area contributed by atoms with Crippen molar-refractivity contribution < 1.29 is 9.31 Å². The molecule has 12 aromatic carbocycles. The van der Waals surface area contributed by atoms with E-state index in [1.165, 1.54) is 132 Å². The van der Waals surface area contributed by atoms with Crippen LogP contribution in [0.15, 0.2) is 259 Å². The van der Waals surface area contributed by atoms with Gasteiger partial charge in [0.25, 0.3) is 0 Å². The molecule has 1 aliphatic heterocycles. The zero-order valence-electron chi connectivity index (χ0n) is 46.1. The van der Waals surface area contributed by atoms with Gasteiger partial charge in [-0.25, -0.2) is 0 Å². The molecule has 0 atom stereocenters. The Balaban J connectivity index is 0.000000110. The minimum absolute atomic E-state index is 0.279. The van der Waals surface area contributed by atoms with Crippen molar-refractivity contribution in [2.45, 2.75) is 45.3 Å². The number of nitrogens with zero attached hydrogens (tertiary/aromatic N) is 2. The third-order valence-corrected chi connectivity index (χ3v) is 18.0. The predicted molar refractivity (Wildman–Crippen MR) is 349 cm³/mol. The van der Waals surface area contributed by atoms with Gasteiger partial charge in [-0.3, -0.25) is 0 Å².